The number of carbonyl (C=O) groups excluding carboxylic acids is 2. The fraction of sp³-hybridized carbons (Fsp3) is 0.0870. The second-order valence-electron chi connectivity index (χ2n) is 6.70. The summed E-state index contributed by atoms with van der Waals surface area (Å²) in [5.41, 5.74) is 4.28. The third kappa shape index (κ3) is 4.37. The van der Waals surface area contributed by atoms with Crippen LogP contribution in [0.3, 0.4) is 0 Å². The van der Waals surface area contributed by atoms with Gasteiger partial charge in [-0.1, -0.05) is 24.3 Å². The summed E-state index contributed by atoms with van der Waals surface area (Å²) in [6, 6.07) is 16.3. The molecule has 0 aliphatic heterocycles. The van der Waals surface area contributed by atoms with E-state index in [0.717, 1.165) is 22.5 Å². The van der Waals surface area contributed by atoms with Crippen LogP contribution in [0.1, 0.15) is 32.2 Å². The Balaban J connectivity index is 1.55. The molecule has 0 atom stereocenters. The summed E-state index contributed by atoms with van der Waals surface area (Å²) in [5.74, 6) is -0.816. The Labute approximate surface area is 176 Å². The van der Waals surface area contributed by atoms with Crippen LogP contribution in [0.5, 0.6) is 0 Å². The van der Waals surface area contributed by atoms with E-state index < -0.39 is 17.7 Å². The Morgan fingerprint density at radius 2 is 2.00 bits per heavy atom. The van der Waals surface area contributed by atoms with E-state index in [-0.39, 0.29) is 11.3 Å². The number of hydrazone groups is 1. The topological polar surface area (TPSA) is 85.8 Å². The number of para-hydroxylation sites is 1. The van der Waals surface area contributed by atoms with Crippen molar-refractivity contribution in [1.29, 1.82) is 0 Å². The lowest BCUT2D eigenvalue weighted by Crippen LogP contribution is -2.17. The van der Waals surface area contributed by atoms with Crippen molar-refractivity contribution in [2.24, 2.45) is 5.10 Å². The molecule has 0 aliphatic carbocycles. The molecule has 1 amide bonds. The first-order chi connectivity index (χ1) is 15.0. The van der Waals surface area contributed by atoms with Gasteiger partial charge in [0.05, 0.1) is 19.9 Å². The van der Waals surface area contributed by atoms with Crippen molar-refractivity contribution < 1.29 is 23.1 Å². The number of aromatic nitrogens is 1. The van der Waals surface area contributed by atoms with Crippen LogP contribution in [0.4, 0.5) is 4.39 Å². The first-order valence-electron chi connectivity index (χ1n) is 9.39. The lowest BCUT2D eigenvalue weighted by molar-refractivity contribution is 0.0562. The summed E-state index contributed by atoms with van der Waals surface area (Å²) in [7, 11) is 1.29. The molecule has 0 unspecified atom stereocenters. The predicted molar refractivity (Wildman–Crippen MR) is 113 cm³/mol. The van der Waals surface area contributed by atoms with Gasteiger partial charge >= 0.3 is 5.97 Å². The highest BCUT2D eigenvalue weighted by atomic mass is 19.1. The second kappa shape index (κ2) is 8.66. The number of esters is 1. The maximum Gasteiger partial charge on any atom is 0.373 e. The molecule has 0 saturated heterocycles. The van der Waals surface area contributed by atoms with E-state index in [0.29, 0.717) is 12.3 Å². The summed E-state index contributed by atoms with van der Waals surface area (Å²) in [5, 5.41) is 4.93. The SMILES string of the molecule is COC(=O)c1ccc(Cn2cc(/C=N\NC(=O)c3cccc(F)c3)c3ccccc32)o1. The lowest BCUT2D eigenvalue weighted by Gasteiger charge is -2.02. The summed E-state index contributed by atoms with van der Waals surface area (Å²) in [4.78, 5) is 23.7. The zero-order valence-corrected chi connectivity index (χ0v) is 16.5. The van der Waals surface area contributed by atoms with E-state index in [9.17, 15) is 14.0 Å². The highest BCUT2D eigenvalue weighted by Crippen LogP contribution is 2.22. The van der Waals surface area contributed by atoms with Crippen molar-refractivity contribution in [3.8, 4) is 0 Å². The van der Waals surface area contributed by atoms with Crippen LogP contribution in [-0.2, 0) is 11.3 Å². The Morgan fingerprint density at radius 3 is 2.81 bits per heavy atom. The van der Waals surface area contributed by atoms with Crippen LogP contribution in [0, 0.1) is 5.82 Å². The van der Waals surface area contributed by atoms with Gasteiger partial charge in [-0.25, -0.2) is 14.6 Å². The molecule has 0 spiro atoms. The first-order valence-corrected chi connectivity index (χ1v) is 9.39. The molecule has 0 aliphatic rings. The molecule has 31 heavy (non-hydrogen) atoms. The van der Waals surface area contributed by atoms with Gasteiger partial charge in [0.15, 0.2) is 0 Å². The third-order valence-electron chi connectivity index (χ3n) is 4.65. The Hall–Kier alpha value is -4.20. The minimum absolute atomic E-state index is 0.135. The monoisotopic (exact) mass is 419 g/mol. The van der Waals surface area contributed by atoms with Crippen LogP contribution in [0.25, 0.3) is 10.9 Å². The van der Waals surface area contributed by atoms with E-state index in [1.807, 2.05) is 35.0 Å². The maximum absolute atomic E-state index is 13.3. The molecule has 2 aromatic heterocycles. The number of hydrogen-bond acceptors (Lipinski definition) is 5. The molecule has 2 heterocycles. The molecular weight excluding hydrogens is 401 g/mol. The number of fused-ring (bicyclic) bond motifs is 1. The normalized spacial score (nSPS) is 11.2. The van der Waals surface area contributed by atoms with Crippen LogP contribution in [0.15, 0.2) is 76.4 Å². The van der Waals surface area contributed by atoms with Crippen LogP contribution >= 0.6 is 0 Å². The van der Waals surface area contributed by atoms with E-state index in [1.54, 1.807) is 12.1 Å². The van der Waals surface area contributed by atoms with E-state index >= 15 is 0 Å². The number of nitrogens with one attached hydrogen (secondary N) is 1. The van der Waals surface area contributed by atoms with Crippen LogP contribution in [0.2, 0.25) is 0 Å². The van der Waals surface area contributed by atoms with Gasteiger partial charge in [-0.15, -0.1) is 0 Å². The molecule has 0 bridgehead atoms. The number of carbonyl (C=O) groups is 2. The van der Waals surface area contributed by atoms with Gasteiger partial charge in [-0.3, -0.25) is 4.79 Å². The van der Waals surface area contributed by atoms with Crippen LogP contribution < -0.4 is 5.43 Å². The average Bonchev–Trinajstić information content (AvgIpc) is 3.39. The van der Waals surface area contributed by atoms with Gasteiger partial charge < -0.3 is 13.7 Å². The number of amides is 1. The van der Waals surface area contributed by atoms with Gasteiger partial charge in [0.1, 0.15) is 11.6 Å². The van der Waals surface area contributed by atoms with E-state index in [2.05, 4.69) is 15.3 Å². The largest absolute Gasteiger partial charge is 0.463 e. The number of rotatable bonds is 6. The van der Waals surface area contributed by atoms with Crippen molar-refractivity contribution >= 4 is 29.0 Å². The first kappa shape index (κ1) is 20.1. The quantitative estimate of drug-likeness (QED) is 0.291. The van der Waals surface area contributed by atoms with Crippen molar-refractivity contribution in [1.82, 2.24) is 9.99 Å². The molecule has 7 nitrogen and oxygen atoms in total. The summed E-state index contributed by atoms with van der Waals surface area (Å²) in [6.07, 6.45) is 3.39. The fourth-order valence-corrected chi connectivity index (χ4v) is 3.20. The Bertz CT molecular complexity index is 1290. The van der Waals surface area contributed by atoms with E-state index in [1.165, 1.54) is 31.5 Å². The summed E-state index contributed by atoms with van der Waals surface area (Å²) >= 11 is 0. The smallest absolute Gasteiger partial charge is 0.373 e. The Morgan fingerprint density at radius 1 is 1.16 bits per heavy atom. The van der Waals surface area contributed by atoms with Gasteiger partial charge in [0.2, 0.25) is 5.76 Å². The van der Waals surface area contributed by atoms with E-state index in [4.69, 9.17) is 4.42 Å². The lowest BCUT2D eigenvalue weighted by atomic mass is 10.2. The molecule has 1 N–H and O–H groups in total. The molecule has 0 radical (unpaired) electrons. The average molecular weight is 419 g/mol. The molecule has 0 fully saturated rings. The molecule has 2 aromatic carbocycles. The summed E-state index contributed by atoms with van der Waals surface area (Å²) in [6.45, 7) is 0.390. The molecule has 156 valence electrons. The third-order valence-corrected chi connectivity index (χ3v) is 4.65. The minimum atomic E-state index is -0.537. The zero-order valence-electron chi connectivity index (χ0n) is 16.5. The van der Waals surface area contributed by atoms with Crippen molar-refractivity contribution in [3.63, 3.8) is 0 Å². The van der Waals surface area contributed by atoms with Gasteiger partial charge in [-0.2, -0.15) is 5.10 Å². The number of benzene rings is 2. The standard InChI is InChI=1S/C23H18FN3O4/c1-30-23(29)21-10-9-18(31-21)14-27-13-16(19-7-2-3-8-20(19)27)12-25-26-22(28)15-5-4-6-17(24)11-15/h2-13H,14H2,1H3,(H,26,28)/b25-12-. The van der Waals surface area contributed by atoms with Crippen molar-refractivity contribution in [2.75, 3.05) is 7.11 Å². The van der Waals surface area contributed by atoms with Crippen molar-refractivity contribution in [3.05, 3.63) is 95.3 Å². The highest BCUT2D eigenvalue weighted by molar-refractivity contribution is 6.00. The number of halogens is 1. The van der Waals surface area contributed by atoms with Gasteiger partial charge in [0.25, 0.3) is 5.91 Å². The molecular formula is C23H18FN3O4. The number of nitrogens with zero attached hydrogens (tertiary/aromatic N) is 2. The predicted octanol–water partition coefficient (Wildman–Crippen LogP) is 3.97. The molecule has 0 saturated carbocycles. The number of methoxy groups -OCH3 is 1. The molecule has 4 rings (SSSR count). The Kier molecular flexibility index (Phi) is 5.61. The second-order valence-corrected chi connectivity index (χ2v) is 6.70. The summed E-state index contributed by atoms with van der Waals surface area (Å²) < 4.78 is 25.4. The highest BCUT2D eigenvalue weighted by Gasteiger charge is 2.13. The van der Waals surface area contributed by atoms with Crippen LogP contribution in [-0.4, -0.2) is 29.8 Å². The zero-order chi connectivity index (χ0) is 21.8. The minimum Gasteiger partial charge on any atom is -0.463 e. The maximum atomic E-state index is 13.3. The number of furan rings is 1. The molecule has 8 heteroatoms. The van der Waals surface area contributed by atoms with Crippen molar-refractivity contribution in [2.45, 2.75) is 6.54 Å². The van der Waals surface area contributed by atoms with Gasteiger partial charge in [0, 0.05) is 28.2 Å². The van der Waals surface area contributed by atoms with Gasteiger partial charge in [-0.05, 0) is 36.4 Å². The number of hydrogen-bond donors (Lipinski definition) is 1. The fourth-order valence-electron chi connectivity index (χ4n) is 3.20. The number of ether oxygens (including phenoxy) is 1. The molecule has 4 aromatic rings.